The Labute approximate surface area is 167 Å². The second-order valence-corrected chi connectivity index (χ2v) is 9.54. The molecule has 28 heavy (non-hydrogen) atoms. The minimum absolute atomic E-state index is 0.309. The largest absolute Gasteiger partial charge is 0.411 e. The number of rotatable bonds is 2. The first-order valence-corrected chi connectivity index (χ1v) is 10.8. The minimum Gasteiger partial charge on any atom is -0.411 e. The van der Waals surface area contributed by atoms with Crippen molar-refractivity contribution in [3.8, 4) is 0 Å². The Morgan fingerprint density at radius 1 is 1.14 bits per heavy atom. The van der Waals surface area contributed by atoms with Gasteiger partial charge in [0.15, 0.2) is 5.78 Å². The molecular formula is C25H29NO2. The molecule has 0 aliphatic heterocycles. The third kappa shape index (κ3) is 2.78. The lowest BCUT2D eigenvalue weighted by atomic mass is 9.53. The lowest BCUT2D eigenvalue weighted by molar-refractivity contribution is -0.114. The highest BCUT2D eigenvalue weighted by Crippen LogP contribution is 2.63. The van der Waals surface area contributed by atoms with Crippen molar-refractivity contribution in [1.82, 2.24) is 0 Å². The fourth-order valence-electron chi connectivity index (χ4n) is 6.85. The van der Waals surface area contributed by atoms with Crippen molar-refractivity contribution in [2.45, 2.75) is 64.2 Å². The molecule has 0 unspecified atom stereocenters. The predicted octanol–water partition coefficient (Wildman–Crippen LogP) is 5.78. The van der Waals surface area contributed by atoms with E-state index in [1.807, 2.05) is 6.08 Å². The summed E-state index contributed by atoms with van der Waals surface area (Å²) in [5.74, 6) is 2.26. The van der Waals surface area contributed by atoms with E-state index in [9.17, 15) is 4.79 Å². The Morgan fingerprint density at radius 2 is 1.96 bits per heavy atom. The number of hydrogen-bond donors (Lipinski definition) is 1. The van der Waals surface area contributed by atoms with Crippen molar-refractivity contribution in [3.05, 3.63) is 58.2 Å². The molecule has 2 saturated carbocycles. The molecule has 4 atom stereocenters. The van der Waals surface area contributed by atoms with Gasteiger partial charge in [0.2, 0.25) is 0 Å². The molecule has 0 spiro atoms. The van der Waals surface area contributed by atoms with Crippen molar-refractivity contribution in [1.29, 1.82) is 0 Å². The van der Waals surface area contributed by atoms with Gasteiger partial charge in [-0.1, -0.05) is 48.3 Å². The van der Waals surface area contributed by atoms with Gasteiger partial charge in [-0.2, -0.15) is 0 Å². The minimum atomic E-state index is 0.309. The highest BCUT2D eigenvalue weighted by molar-refractivity contribution is 5.93. The molecule has 0 aromatic heterocycles. The summed E-state index contributed by atoms with van der Waals surface area (Å²) < 4.78 is 0. The van der Waals surface area contributed by atoms with Crippen LogP contribution in [0, 0.1) is 17.3 Å². The molecular weight excluding hydrogens is 346 g/mol. The first-order valence-electron chi connectivity index (χ1n) is 10.8. The van der Waals surface area contributed by atoms with Crippen LogP contribution in [0.1, 0.15) is 75.3 Å². The van der Waals surface area contributed by atoms with Gasteiger partial charge < -0.3 is 5.21 Å². The average molecular weight is 376 g/mol. The van der Waals surface area contributed by atoms with Crippen LogP contribution in [0.15, 0.2) is 52.2 Å². The van der Waals surface area contributed by atoms with Crippen LogP contribution in [-0.4, -0.2) is 17.2 Å². The normalized spacial score (nSPS) is 34.8. The van der Waals surface area contributed by atoms with Crippen LogP contribution in [0.4, 0.5) is 0 Å². The van der Waals surface area contributed by atoms with Crippen molar-refractivity contribution >= 4 is 12.0 Å². The van der Waals surface area contributed by atoms with E-state index >= 15 is 0 Å². The topological polar surface area (TPSA) is 49.7 Å². The number of allylic oxidation sites excluding steroid dienone is 4. The van der Waals surface area contributed by atoms with Crippen LogP contribution < -0.4 is 0 Å². The summed E-state index contributed by atoms with van der Waals surface area (Å²) in [5, 5.41) is 12.0. The maximum absolute atomic E-state index is 12.0. The number of fused-ring (bicyclic) bond motifs is 4. The van der Waals surface area contributed by atoms with Gasteiger partial charge in [-0.05, 0) is 84.1 Å². The summed E-state index contributed by atoms with van der Waals surface area (Å²) in [6, 6.07) is 8.55. The van der Waals surface area contributed by atoms with Gasteiger partial charge >= 0.3 is 0 Å². The SMILES string of the molecule is C[C@@]12CCC[C@H]1[C@@H]1CCC3=CC(=O)CCC3=C1[C@@H](c1ccc(/C=N/O)cc1)C2. The van der Waals surface area contributed by atoms with Crippen LogP contribution >= 0.6 is 0 Å². The summed E-state index contributed by atoms with van der Waals surface area (Å²) >= 11 is 0. The fourth-order valence-corrected chi connectivity index (χ4v) is 6.85. The number of hydrogen-bond acceptors (Lipinski definition) is 3. The molecule has 0 saturated heterocycles. The van der Waals surface area contributed by atoms with Crippen LogP contribution in [0.25, 0.3) is 0 Å². The van der Waals surface area contributed by atoms with E-state index in [-0.39, 0.29) is 0 Å². The molecule has 0 heterocycles. The lowest BCUT2D eigenvalue weighted by Gasteiger charge is -2.51. The maximum Gasteiger partial charge on any atom is 0.156 e. The van der Waals surface area contributed by atoms with E-state index < -0.39 is 0 Å². The van der Waals surface area contributed by atoms with E-state index in [0.717, 1.165) is 24.3 Å². The van der Waals surface area contributed by atoms with Gasteiger partial charge in [0, 0.05) is 12.3 Å². The highest BCUT2D eigenvalue weighted by atomic mass is 16.4. The molecule has 146 valence electrons. The smallest absolute Gasteiger partial charge is 0.156 e. The second kappa shape index (κ2) is 6.72. The molecule has 4 aliphatic rings. The van der Waals surface area contributed by atoms with Gasteiger partial charge in [-0.25, -0.2) is 0 Å². The molecule has 0 amide bonds. The number of nitrogens with zero attached hydrogens (tertiary/aromatic N) is 1. The van der Waals surface area contributed by atoms with Crippen molar-refractivity contribution in [3.63, 3.8) is 0 Å². The molecule has 1 N–H and O–H groups in total. The Morgan fingerprint density at radius 3 is 2.75 bits per heavy atom. The van der Waals surface area contributed by atoms with Gasteiger partial charge in [-0.3, -0.25) is 4.79 Å². The van der Waals surface area contributed by atoms with Gasteiger partial charge in [0.05, 0.1) is 6.21 Å². The zero-order chi connectivity index (χ0) is 19.3. The number of oxime groups is 1. The molecule has 3 nitrogen and oxygen atoms in total. The Kier molecular flexibility index (Phi) is 4.30. The van der Waals surface area contributed by atoms with Crippen molar-refractivity contribution < 1.29 is 10.0 Å². The summed E-state index contributed by atoms with van der Waals surface area (Å²) in [7, 11) is 0. The number of carbonyl (C=O) groups excluding carboxylic acids is 1. The van der Waals surface area contributed by atoms with Crippen LogP contribution in [0.5, 0.6) is 0 Å². The van der Waals surface area contributed by atoms with Gasteiger partial charge in [0.1, 0.15) is 0 Å². The third-order valence-corrected chi connectivity index (χ3v) is 8.05. The van der Waals surface area contributed by atoms with E-state index in [2.05, 4.69) is 36.3 Å². The monoisotopic (exact) mass is 375 g/mol. The summed E-state index contributed by atoms with van der Waals surface area (Å²) in [5.41, 5.74) is 7.27. The molecule has 0 bridgehead atoms. The van der Waals surface area contributed by atoms with E-state index in [4.69, 9.17) is 5.21 Å². The molecule has 1 aromatic carbocycles. The summed E-state index contributed by atoms with van der Waals surface area (Å²) in [4.78, 5) is 12.0. The second-order valence-electron chi connectivity index (χ2n) is 9.54. The van der Waals surface area contributed by atoms with Crippen molar-refractivity contribution in [2.75, 3.05) is 0 Å². The van der Waals surface area contributed by atoms with Crippen LogP contribution in [0.2, 0.25) is 0 Å². The number of carbonyl (C=O) groups is 1. The zero-order valence-corrected chi connectivity index (χ0v) is 16.7. The molecule has 2 fully saturated rings. The lowest BCUT2D eigenvalue weighted by Crippen LogP contribution is -2.40. The van der Waals surface area contributed by atoms with E-state index in [1.54, 1.807) is 5.57 Å². The summed E-state index contributed by atoms with van der Waals surface area (Å²) in [6.07, 6.45) is 12.6. The predicted molar refractivity (Wildman–Crippen MR) is 111 cm³/mol. The Bertz CT molecular complexity index is 892. The molecule has 4 aliphatic carbocycles. The van der Waals surface area contributed by atoms with Crippen LogP contribution in [0.3, 0.4) is 0 Å². The average Bonchev–Trinajstić information content (AvgIpc) is 3.09. The van der Waals surface area contributed by atoms with Gasteiger partial charge in [-0.15, -0.1) is 0 Å². The molecule has 0 radical (unpaired) electrons. The Hall–Kier alpha value is -2.16. The van der Waals surface area contributed by atoms with Crippen molar-refractivity contribution in [2.24, 2.45) is 22.4 Å². The highest BCUT2D eigenvalue weighted by Gasteiger charge is 2.52. The maximum atomic E-state index is 12.0. The van der Waals surface area contributed by atoms with Gasteiger partial charge in [0.25, 0.3) is 0 Å². The quantitative estimate of drug-likeness (QED) is 0.404. The van der Waals surface area contributed by atoms with E-state index in [1.165, 1.54) is 55.0 Å². The van der Waals surface area contributed by atoms with E-state index in [0.29, 0.717) is 29.5 Å². The standard InChI is InChI=1S/C25H29NO2/c1-25-12-2-3-23(25)21-10-8-18-13-19(27)9-11-20(18)24(21)22(14-25)17-6-4-16(5-7-17)15-26-28/h4-7,13,15,21-23,28H,2-3,8-12,14H2,1H3/b26-15+/t21-,22+,23-,25-/m0/s1. The first kappa shape index (κ1) is 17.9. The molecule has 1 aromatic rings. The third-order valence-electron chi connectivity index (χ3n) is 8.05. The summed E-state index contributed by atoms with van der Waals surface area (Å²) in [6.45, 7) is 2.53. The Balaban J connectivity index is 1.63. The number of ketones is 1. The number of benzene rings is 1. The molecule has 5 rings (SSSR count). The zero-order valence-electron chi connectivity index (χ0n) is 16.7. The molecule has 3 heteroatoms. The first-order chi connectivity index (χ1) is 13.6. The fraction of sp³-hybridized carbons (Fsp3) is 0.520. The van der Waals surface area contributed by atoms with Crippen LogP contribution in [-0.2, 0) is 4.79 Å².